The van der Waals surface area contributed by atoms with E-state index in [-0.39, 0.29) is 0 Å². The Morgan fingerprint density at radius 1 is 0.815 bits per heavy atom. The molecule has 27 heavy (non-hydrogen) atoms. The third-order valence-corrected chi connectivity index (χ3v) is 5.65. The van der Waals surface area contributed by atoms with Crippen molar-refractivity contribution >= 4 is 34.2 Å². The second-order valence-corrected chi connectivity index (χ2v) is 7.77. The molecule has 0 radical (unpaired) electrons. The van der Waals surface area contributed by atoms with Gasteiger partial charge in [0.1, 0.15) is 5.82 Å². The van der Waals surface area contributed by atoms with Gasteiger partial charge in [-0.3, -0.25) is 0 Å². The van der Waals surface area contributed by atoms with Crippen LogP contribution in [0.25, 0.3) is 22.4 Å². The Morgan fingerprint density at radius 2 is 1.48 bits per heavy atom. The van der Waals surface area contributed by atoms with Gasteiger partial charge in [0.2, 0.25) is 0 Å². The predicted molar refractivity (Wildman–Crippen MR) is 115 cm³/mol. The maximum absolute atomic E-state index is 6.32. The van der Waals surface area contributed by atoms with E-state index in [1.807, 2.05) is 18.2 Å². The van der Waals surface area contributed by atoms with Crippen LogP contribution >= 0.6 is 23.2 Å². The zero-order chi connectivity index (χ0) is 19.0. The smallest absolute Gasteiger partial charge is 0.141 e. The van der Waals surface area contributed by atoms with Crippen molar-refractivity contribution < 1.29 is 0 Å². The monoisotopic (exact) mass is 394 g/mol. The summed E-state index contributed by atoms with van der Waals surface area (Å²) in [6.07, 6.45) is 2.00. The fraction of sp³-hybridized carbons (Fsp3) is 0.174. The Kier molecular flexibility index (Phi) is 4.94. The average molecular weight is 395 g/mol. The Labute approximate surface area is 169 Å². The molecular formula is C23H20Cl2N2. The summed E-state index contributed by atoms with van der Waals surface area (Å²) in [6.45, 7) is 4.31. The number of aromatic nitrogens is 2. The van der Waals surface area contributed by atoms with Gasteiger partial charge in [-0.1, -0.05) is 53.5 Å². The molecule has 2 nitrogen and oxygen atoms in total. The molecule has 0 saturated heterocycles. The zero-order valence-corrected chi connectivity index (χ0v) is 16.8. The van der Waals surface area contributed by atoms with E-state index in [1.54, 1.807) is 0 Å². The van der Waals surface area contributed by atoms with Gasteiger partial charge in [0.25, 0.3) is 0 Å². The van der Waals surface area contributed by atoms with Gasteiger partial charge in [-0.25, -0.2) is 4.98 Å². The first-order valence-corrected chi connectivity index (χ1v) is 9.76. The number of fused-ring (bicyclic) bond motifs is 1. The van der Waals surface area contributed by atoms with E-state index < -0.39 is 0 Å². The number of hydrogen-bond acceptors (Lipinski definition) is 1. The number of hydrogen-bond donors (Lipinski definition) is 1. The minimum Gasteiger partial charge on any atom is -0.338 e. The van der Waals surface area contributed by atoms with E-state index in [1.165, 1.54) is 22.3 Å². The number of H-pyrrole nitrogens is 1. The molecule has 0 amide bonds. The number of halogens is 2. The van der Waals surface area contributed by atoms with Crippen LogP contribution in [0.4, 0.5) is 0 Å². The topological polar surface area (TPSA) is 28.7 Å². The van der Waals surface area contributed by atoms with E-state index in [4.69, 9.17) is 23.2 Å². The summed E-state index contributed by atoms with van der Waals surface area (Å²) >= 11 is 12.6. The molecule has 0 unspecified atom stereocenters. The minimum atomic E-state index is 0.594. The summed E-state index contributed by atoms with van der Waals surface area (Å²) in [5.41, 5.74) is 7.98. The minimum absolute atomic E-state index is 0.594. The lowest BCUT2D eigenvalue weighted by molar-refractivity contribution is 0.958. The summed E-state index contributed by atoms with van der Waals surface area (Å²) in [5.74, 6) is 0.701. The maximum atomic E-state index is 6.32. The number of aromatic amines is 1. The van der Waals surface area contributed by atoms with Gasteiger partial charge in [0.15, 0.2) is 0 Å². The van der Waals surface area contributed by atoms with E-state index in [0.717, 1.165) is 29.4 Å². The highest BCUT2D eigenvalue weighted by molar-refractivity contribution is 6.39. The van der Waals surface area contributed by atoms with Crippen LogP contribution in [0.15, 0.2) is 54.6 Å². The standard InChI is InChI=1S/C23H20Cl2N2/c1-14-6-7-16(12-15(14)2)8-9-17-10-11-20-21(13-17)27-23(26-20)22-18(24)4-3-5-19(22)25/h3-7,10-13H,8-9H2,1-2H3,(H,26,27). The van der Waals surface area contributed by atoms with Gasteiger partial charge in [0.05, 0.1) is 26.6 Å². The van der Waals surface area contributed by atoms with Crippen molar-refractivity contribution in [1.82, 2.24) is 9.97 Å². The molecule has 4 aromatic rings. The molecule has 4 rings (SSSR count). The summed E-state index contributed by atoms with van der Waals surface area (Å²) < 4.78 is 0. The van der Waals surface area contributed by atoms with Crippen LogP contribution in [-0.2, 0) is 12.8 Å². The third-order valence-electron chi connectivity index (χ3n) is 5.02. The summed E-state index contributed by atoms with van der Waals surface area (Å²) in [6, 6.07) is 18.5. The summed E-state index contributed by atoms with van der Waals surface area (Å²) in [7, 11) is 0. The Morgan fingerprint density at radius 3 is 2.19 bits per heavy atom. The highest BCUT2D eigenvalue weighted by Gasteiger charge is 2.13. The number of aryl methyl sites for hydroxylation is 4. The van der Waals surface area contributed by atoms with Crippen LogP contribution in [0.5, 0.6) is 0 Å². The fourth-order valence-corrected chi connectivity index (χ4v) is 3.88. The SMILES string of the molecule is Cc1ccc(CCc2ccc3nc(-c4c(Cl)cccc4Cl)[nH]c3c2)cc1C. The summed E-state index contributed by atoms with van der Waals surface area (Å²) in [5, 5.41) is 1.19. The molecule has 0 spiro atoms. The number of rotatable bonds is 4. The van der Waals surface area contributed by atoms with Gasteiger partial charge in [-0.15, -0.1) is 0 Å². The molecule has 0 aliphatic rings. The van der Waals surface area contributed by atoms with Crippen LogP contribution in [0.2, 0.25) is 10.0 Å². The second-order valence-electron chi connectivity index (χ2n) is 6.95. The van der Waals surface area contributed by atoms with E-state index in [0.29, 0.717) is 15.9 Å². The van der Waals surface area contributed by atoms with Crippen molar-refractivity contribution in [3.05, 3.63) is 86.9 Å². The van der Waals surface area contributed by atoms with Crippen LogP contribution < -0.4 is 0 Å². The van der Waals surface area contributed by atoms with Gasteiger partial charge < -0.3 is 4.98 Å². The van der Waals surface area contributed by atoms with Crippen LogP contribution in [0.3, 0.4) is 0 Å². The lowest BCUT2D eigenvalue weighted by Gasteiger charge is -2.06. The molecule has 0 fully saturated rings. The molecule has 1 heterocycles. The molecule has 0 atom stereocenters. The van der Waals surface area contributed by atoms with Gasteiger partial charge >= 0.3 is 0 Å². The first-order chi connectivity index (χ1) is 13.0. The Bertz CT molecular complexity index is 1110. The first-order valence-electron chi connectivity index (χ1n) is 9.00. The highest BCUT2D eigenvalue weighted by Crippen LogP contribution is 2.34. The second kappa shape index (κ2) is 7.38. The van der Waals surface area contributed by atoms with Crippen molar-refractivity contribution in [1.29, 1.82) is 0 Å². The number of imidazole rings is 1. The van der Waals surface area contributed by atoms with E-state index in [2.05, 4.69) is 60.2 Å². The maximum Gasteiger partial charge on any atom is 0.141 e. The molecular weight excluding hydrogens is 375 g/mol. The van der Waals surface area contributed by atoms with Gasteiger partial charge in [-0.2, -0.15) is 0 Å². The highest BCUT2D eigenvalue weighted by atomic mass is 35.5. The number of nitrogens with one attached hydrogen (secondary N) is 1. The van der Waals surface area contributed by atoms with Crippen LogP contribution in [0, 0.1) is 13.8 Å². The molecule has 3 aromatic carbocycles. The van der Waals surface area contributed by atoms with Crippen LogP contribution in [-0.4, -0.2) is 9.97 Å². The normalized spacial score (nSPS) is 11.3. The Hall–Kier alpha value is -2.29. The average Bonchev–Trinajstić information content (AvgIpc) is 3.05. The first kappa shape index (κ1) is 18.1. The number of nitrogens with zero attached hydrogens (tertiary/aromatic N) is 1. The lowest BCUT2D eigenvalue weighted by atomic mass is 10.0. The third kappa shape index (κ3) is 3.73. The number of benzene rings is 3. The van der Waals surface area contributed by atoms with Crippen molar-refractivity contribution in [3.63, 3.8) is 0 Å². The van der Waals surface area contributed by atoms with Crippen molar-refractivity contribution in [3.8, 4) is 11.4 Å². The lowest BCUT2D eigenvalue weighted by Crippen LogP contribution is -1.93. The molecule has 136 valence electrons. The van der Waals surface area contributed by atoms with E-state index >= 15 is 0 Å². The molecule has 0 bridgehead atoms. The largest absolute Gasteiger partial charge is 0.338 e. The zero-order valence-electron chi connectivity index (χ0n) is 15.3. The molecule has 0 saturated carbocycles. The molecule has 1 N–H and O–H groups in total. The molecule has 4 heteroatoms. The summed E-state index contributed by atoms with van der Waals surface area (Å²) in [4.78, 5) is 8.03. The van der Waals surface area contributed by atoms with Crippen LogP contribution in [0.1, 0.15) is 22.3 Å². The Balaban J connectivity index is 1.60. The predicted octanol–water partition coefficient (Wildman–Crippen LogP) is 6.94. The van der Waals surface area contributed by atoms with Crippen molar-refractivity contribution in [2.45, 2.75) is 26.7 Å². The van der Waals surface area contributed by atoms with Gasteiger partial charge in [0, 0.05) is 0 Å². The van der Waals surface area contributed by atoms with Gasteiger partial charge in [-0.05, 0) is 73.2 Å². The fourth-order valence-electron chi connectivity index (χ4n) is 3.30. The molecule has 0 aliphatic heterocycles. The van der Waals surface area contributed by atoms with Crippen molar-refractivity contribution in [2.24, 2.45) is 0 Å². The quantitative estimate of drug-likeness (QED) is 0.398. The van der Waals surface area contributed by atoms with Crippen molar-refractivity contribution in [2.75, 3.05) is 0 Å². The molecule has 1 aromatic heterocycles. The van der Waals surface area contributed by atoms with E-state index in [9.17, 15) is 0 Å². The molecule has 0 aliphatic carbocycles.